The smallest absolute Gasteiger partial charge is 0.211 e. The third kappa shape index (κ3) is 2.61. The van der Waals surface area contributed by atoms with Crippen molar-refractivity contribution < 1.29 is 14.4 Å². The van der Waals surface area contributed by atoms with E-state index in [2.05, 4.69) is 10.3 Å². The summed E-state index contributed by atoms with van der Waals surface area (Å²) in [5.74, 6) is -1.07. The molecule has 2 heterocycles. The van der Waals surface area contributed by atoms with E-state index in [-0.39, 0.29) is 34.2 Å². The summed E-state index contributed by atoms with van der Waals surface area (Å²) in [6.45, 7) is 4.09. The topological polar surface area (TPSA) is 76.1 Å². The molecule has 1 aliphatic heterocycles. The number of carbonyl (C=O) groups excluding carboxylic acids is 3. The van der Waals surface area contributed by atoms with Gasteiger partial charge in [0, 0.05) is 35.4 Å². The van der Waals surface area contributed by atoms with E-state index >= 15 is 0 Å². The highest BCUT2D eigenvalue weighted by Crippen LogP contribution is 2.48. The van der Waals surface area contributed by atoms with Crippen molar-refractivity contribution in [1.82, 2.24) is 10.3 Å². The van der Waals surface area contributed by atoms with Gasteiger partial charge in [0.1, 0.15) is 5.69 Å². The van der Waals surface area contributed by atoms with Gasteiger partial charge in [-0.1, -0.05) is 44.2 Å². The maximum absolute atomic E-state index is 13.4. The number of hydrogen-bond donors (Lipinski definition) is 1. The Morgan fingerprint density at radius 3 is 2.45 bits per heavy atom. The van der Waals surface area contributed by atoms with Crippen molar-refractivity contribution in [2.45, 2.75) is 32.6 Å². The van der Waals surface area contributed by atoms with Crippen molar-refractivity contribution in [3.63, 3.8) is 0 Å². The van der Waals surface area contributed by atoms with Crippen LogP contribution in [0.1, 0.15) is 59.0 Å². The second-order valence-corrected chi connectivity index (χ2v) is 8.65. The molecule has 5 heteroatoms. The molecule has 0 amide bonds. The van der Waals surface area contributed by atoms with Gasteiger partial charge in [-0.15, -0.1) is 0 Å². The number of ketones is 3. The number of hydrogen-bond acceptors (Lipinski definition) is 5. The molecule has 1 aromatic carbocycles. The van der Waals surface area contributed by atoms with Crippen molar-refractivity contribution in [1.29, 1.82) is 0 Å². The number of allylic oxidation sites excluding steroid dienone is 4. The van der Waals surface area contributed by atoms with E-state index in [1.54, 1.807) is 12.1 Å². The molecule has 0 saturated heterocycles. The zero-order valence-corrected chi connectivity index (χ0v) is 16.3. The predicted octanol–water partition coefficient (Wildman–Crippen LogP) is 3.74. The molecule has 1 unspecified atom stereocenters. The highest BCUT2D eigenvalue weighted by atomic mass is 16.1. The van der Waals surface area contributed by atoms with Gasteiger partial charge in [-0.05, 0) is 29.5 Å². The molecule has 0 spiro atoms. The van der Waals surface area contributed by atoms with Crippen LogP contribution in [0, 0.1) is 5.41 Å². The monoisotopic (exact) mass is 384 g/mol. The van der Waals surface area contributed by atoms with E-state index in [4.69, 9.17) is 0 Å². The van der Waals surface area contributed by atoms with Crippen LogP contribution in [0.5, 0.6) is 0 Å². The molecule has 144 valence electrons. The van der Waals surface area contributed by atoms with E-state index in [0.717, 1.165) is 11.3 Å². The first-order chi connectivity index (χ1) is 13.9. The lowest BCUT2D eigenvalue weighted by Crippen LogP contribution is -2.42. The van der Waals surface area contributed by atoms with Crippen LogP contribution in [0.4, 0.5) is 0 Å². The van der Waals surface area contributed by atoms with Gasteiger partial charge in [0.25, 0.3) is 0 Å². The van der Waals surface area contributed by atoms with E-state index in [1.807, 2.05) is 44.2 Å². The first kappa shape index (κ1) is 17.7. The average Bonchev–Trinajstić information content (AvgIpc) is 2.70. The van der Waals surface area contributed by atoms with Gasteiger partial charge >= 0.3 is 0 Å². The number of Topliss-reactive ketones (excluding diaryl/α,β-unsaturated/α-hetero) is 3. The summed E-state index contributed by atoms with van der Waals surface area (Å²) in [4.78, 5) is 44.1. The summed E-state index contributed by atoms with van der Waals surface area (Å²) in [5.41, 5.74) is 3.08. The van der Waals surface area contributed by atoms with Gasteiger partial charge in [0.2, 0.25) is 11.6 Å². The molecular formula is C24H20N2O3. The van der Waals surface area contributed by atoms with Gasteiger partial charge in [-0.2, -0.15) is 0 Å². The normalized spacial score (nSPS) is 22.7. The molecule has 29 heavy (non-hydrogen) atoms. The molecule has 1 N–H and O–H groups in total. The van der Waals surface area contributed by atoms with E-state index < -0.39 is 5.92 Å². The van der Waals surface area contributed by atoms with Crippen LogP contribution in [0.2, 0.25) is 0 Å². The Bertz CT molecular complexity index is 1160. The molecule has 1 aromatic heterocycles. The van der Waals surface area contributed by atoms with Crippen molar-refractivity contribution in [3.05, 3.63) is 88.0 Å². The number of pyridine rings is 1. The Balaban J connectivity index is 1.76. The maximum atomic E-state index is 13.4. The van der Waals surface area contributed by atoms with Crippen molar-refractivity contribution in [2.24, 2.45) is 5.41 Å². The molecule has 0 bridgehead atoms. The summed E-state index contributed by atoms with van der Waals surface area (Å²) in [6.07, 6.45) is 2.58. The fraction of sp³-hybridized carbons (Fsp3) is 0.250. The number of aromatic nitrogens is 1. The highest BCUT2D eigenvalue weighted by Gasteiger charge is 2.47. The van der Waals surface area contributed by atoms with Crippen LogP contribution in [-0.4, -0.2) is 22.3 Å². The number of carbonyl (C=O) groups is 3. The van der Waals surface area contributed by atoms with E-state index in [1.165, 1.54) is 6.20 Å². The van der Waals surface area contributed by atoms with E-state index in [0.29, 0.717) is 29.6 Å². The minimum Gasteiger partial charge on any atom is -0.355 e. The Labute approximate surface area is 168 Å². The Morgan fingerprint density at radius 2 is 1.69 bits per heavy atom. The Kier molecular flexibility index (Phi) is 3.72. The zero-order chi connectivity index (χ0) is 20.3. The van der Waals surface area contributed by atoms with E-state index in [9.17, 15) is 14.4 Å². The summed E-state index contributed by atoms with van der Waals surface area (Å²) in [7, 11) is 0. The Hall–Kier alpha value is -3.34. The lowest BCUT2D eigenvalue weighted by molar-refractivity contribution is -0.118. The minimum absolute atomic E-state index is 0.0243. The molecule has 2 aromatic rings. The summed E-state index contributed by atoms with van der Waals surface area (Å²) in [6, 6.07) is 12.8. The summed E-state index contributed by atoms with van der Waals surface area (Å²) < 4.78 is 0. The maximum Gasteiger partial charge on any atom is 0.211 e. The third-order valence-corrected chi connectivity index (χ3v) is 5.91. The largest absolute Gasteiger partial charge is 0.355 e. The molecule has 5 rings (SSSR count). The summed E-state index contributed by atoms with van der Waals surface area (Å²) >= 11 is 0. The van der Waals surface area contributed by atoms with Crippen molar-refractivity contribution in [3.8, 4) is 0 Å². The number of nitrogens with one attached hydrogen (secondary N) is 1. The number of rotatable bonds is 1. The standard InChI is InChI=1S/C24H20N2O3/c1-24(2)11-15-18(16(27)12-24)17(13-7-4-3-5-8-13)19-21(26-15)22(28)14-9-6-10-25-20(14)23(19)29/h3-10,17,26H,11-12H2,1-2H3. The predicted molar refractivity (Wildman–Crippen MR) is 107 cm³/mol. The number of fused-ring (bicyclic) bond motifs is 1. The zero-order valence-electron chi connectivity index (χ0n) is 16.3. The highest BCUT2D eigenvalue weighted by molar-refractivity contribution is 6.27. The van der Waals surface area contributed by atoms with Crippen LogP contribution < -0.4 is 5.32 Å². The van der Waals surface area contributed by atoms with Gasteiger partial charge in [0.15, 0.2) is 5.78 Å². The summed E-state index contributed by atoms with van der Waals surface area (Å²) in [5, 5.41) is 3.20. The first-order valence-corrected chi connectivity index (χ1v) is 9.74. The van der Waals surface area contributed by atoms with Crippen LogP contribution in [-0.2, 0) is 4.79 Å². The number of benzene rings is 1. The van der Waals surface area contributed by atoms with Gasteiger partial charge < -0.3 is 5.32 Å². The first-order valence-electron chi connectivity index (χ1n) is 9.74. The molecule has 1 atom stereocenters. The second kappa shape index (κ2) is 6.08. The fourth-order valence-electron chi connectivity index (χ4n) is 4.72. The SMILES string of the molecule is CC1(C)CC(=O)C2=C(C1)NC1=C(C(=O)c3ncccc3C1=O)C2c1ccccc1. The lowest BCUT2D eigenvalue weighted by atomic mass is 9.66. The van der Waals surface area contributed by atoms with Crippen LogP contribution in [0.3, 0.4) is 0 Å². The molecule has 2 aliphatic carbocycles. The number of nitrogens with zero attached hydrogens (tertiary/aromatic N) is 1. The molecule has 0 fully saturated rings. The molecule has 3 aliphatic rings. The van der Waals surface area contributed by atoms with Gasteiger partial charge in [0.05, 0.1) is 11.3 Å². The van der Waals surface area contributed by atoms with Crippen LogP contribution in [0.25, 0.3) is 0 Å². The van der Waals surface area contributed by atoms with Crippen molar-refractivity contribution >= 4 is 17.3 Å². The third-order valence-electron chi connectivity index (χ3n) is 5.91. The molecule has 5 nitrogen and oxygen atoms in total. The fourth-order valence-corrected chi connectivity index (χ4v) is 4.72. The second-order valence-electron chi connectivity index (χ2n) is 8.65. The average molecular weight is 384 g/mol. The van der Waals surface area contributed by atoms with Crippen molar-refractivity contribution in [2.75, 3.05) is 0 Å². The lowest BCUT2D eigenvalue weighted by Gasteiger charge is -2.40. The minimum atomic E-state index is -0.558. The number of dihydropyridines is 1. The van der Waals surface area contributed by atoms with Crippen LogP contribution in [0.15, 0.2) is 71.2 Å². The Morgan fingerprint density at radius 1 is 0.931 bits per heavy atom. The van der Waals surface area contributed by atoms with Crippen LogP contribution >= 0.6 is 0 Å². The quantitative estimate of drug-likeness (QED) is 0.810. The molecule has 0 radical (unpaired) electrons. The molecule has 0 saturated carbocycles. The molecular weight excluding hydrogens is 364 g/mol. The van der Waals surface area contributed by atoms with Gasteiger partial charge in [-0.3, -0.25) is 19.4 Å². The van der Waals surface area contributed by atoms with Gasteiger partial charge in [-0.25, -0.2) is 0 Å².